The van der Waals surface area contributed by atoms with Crippen molar-refractivity contribution in [3.63, 3.8) is 0 Å². The van der Waals surface area contributed by atoms with E-state index in [0.717, 1.165) is 5.56 Å². The first-order valence-electron chi connectivity index (χ1n) is 6.25. The highest BCUT2D eigenvalue weighted by Gasteiger charge is 2.16. The third-order valence-corrected chi connectivity index (χ3v) is 3.24. The summed E-state index contributed by atoms with van der Waals surface area (Å²) in [5.74, 6) is -0.134. The standard InChI is InChI=1S/C14H11N7O/c15-5-7-1-3-8(4-2-7)10-12(17)21-6-9(13(18)22)11(16)20-14(21)19-10/h1-4,6H,17H2,(H2,18,22)(H2,16,19,20). The third-order valence-electron chi connectivity index (χ3n) is 3.24. The van der Waals surface area contributed by atoms with Crippen molar-refractivity contribution in [2.24, 2.45) is 5.73 Å². The second-order valence-corrected chi connectivity index (χ2v) is 4.61. The summed E-state index contributed by atoms with van der Waals surface area (Å²) in [7, 11) is 0. The van der Waals surface area contributed by atoms with Crippen LogP contribution in [0.1, 0.15) is 15.9 Å². The Labute approximate surface area is 124 Å². The summed E-state index contributed by atoms with van der Waals surface area (Å²) in [6.07, 6.45) is 1.41. The number of imidazole rings is 1. The summed E-state index contributed by atoms with van der Waals surface area (Å²) in [5, 5.41) is 8.82. The summed E-state index contributed by atoms with van der Waals surface area (Å²) >= 11 is 0. The number of primary amides is 1. The minimum atomic E-state index is -0.695. The van der Waals surface area contributed by atoms with Crippen LogP contribution in [0.25, 0.3) is 17.0 Å². The van der Waals surface area contributed by atoms with Gasteiger partial charge in [0.2, 0.25) is 5.78 Å². The van der Waals surface area contributed by atoms with Crippen molar-refractivity contribution in [1.29, 1.82) is 5.26 Å². The lowest BCUT2D eigenvalue weighted by Crippen LogP contribution is -2.16. The first-order valence-corrected chi connectivity index (χ1v) is 6.25. The molecule has 1 amide bonds. The smallest absolute Gasteiger partial charge is 0.253 e. The fraction of sp³-hybridized carbons (Fsp3) is 0. The molecule has 0 saturated carbocycles. The van der Waals surface area contributed by atoms with Crippen LogP contribution in [0.4, 0.5) is 11.6 Å². The van der Waals surface area contributed by atoms with Crippen molar-refractivity contribution in [2.75, 3.05) is 11.5 Å². The predicted molar refractivity (Wildman–Crippen MR) is 80.5 cm³/mol. The van der Waals surface area contributed by atoms with Gasteiger partial charge in [0, 0.05) is 11.8 Å². The number of nitriles is 1. The van der Waals surface area contributed by atoms with Crippen LogP contribution in [-0.4, -0.2) is 20.3 Å². The zero-order valence-corrected chi connectivity index (χ0v) is 11.3. The van der Waals surface area contributed by atoms with Crippen LogP contribution >= 0.6 is 0 Å². The summed E-state index contributed by atoms with van der Waals surface area (Å²) in [4.78, 5) is 19.7. The number of anilines is 2. The summed E-state index contributed by atoms with van der Waals surface area (Å²) in [6, 6.07) is 8.82. The van der Waals surface area contributed by atoms with Gasteiger partial charge in [-0.1, -0.05) is 12.1 Å². The molecule has 22 heavy (non-hydrogen) atoms. The molecular formula is C14H11N7O. The van der Waals surface area contributed by atoms with Gasteiger partial charge in [0.15, 0.2) is 0 Å². The maximum Gasteiger partial charge on any atom is 0.253 e. The molecule has 8 heteroatoms. The largest absolute Gasteiger partial charge is 0.383 e. The Morgan fingerprint density at radius 2 is 1.86 bits per heavy atom. The highest BCUT2D eigenvalue weighted by Crippen LogP contribution is 2.27. The van der Waals surface area contributed by atoms with Crippen LogP contribution in [-0.2, 0) is 0 Å². The van der Waals surface area contributed by atoms with E-state index in [-0.39, 0.29) is 17.2 Å². The molecule has 0 saturated heterocycles. The molecule has 0 spiro atoms. The van der Waals surface area contributed by atoms with Gasteiger partial charge in [-0.25, -0.2) is 4.98 Å². The van der Waals surface area contributed by atoms with E-state index < -0.39 is 5.91 Å². The number of nitrogen functional groups attached to an aromatic ring is 2. The number of fused-ring (bicyclic) bond motifs is 1. The molecule has 0 aliphatic heterocycles. The number of carbonyl (C=O) groups is 1. The lowest BCUT2D eigenvalue weighted by atomic mass is 10.1. The molecule has 0 bridgehead atoms. The molecule has 1 aromatic carbocycles. The fourth-order valence-corrected chi connectivity index (χ4v) is 2.11. The van der Waals surface area contributed by atoms with Crippen LogP contribution in [0.5, 0.6) is 0 Å². The average Bonchev–Trinajstić information content (AvgIpc) is 2.82. The third kappa shape index (κ3) is 1.97. The Balaban J connectivity index is 2.21. The van der Waals surface area contributed by atoms with E-state index in [4.69, 9.17) is 22.5 Å². The number of amides is 1. The fourth-order valence-electron chi connectivity index (χ4n) is 2.11. The summed E-state index contributed by atoms with van der Waals surface area (Å²) in [5.41, 5.74) is 18.8. The summed E-state index contributed by atoms with van der Waals surface area (Å²) in [6.45, 7) is 0. The first kappa shape index (κ1) is 13.4. The van der Waals surface area contributed by atoms with Gasteiger partial charge in [0.25, 0.3) is 5.91 Å². The number of hydrogen-bond acceptors (Lipinski definition) is 6. The lowest BCUT2D eigenvalue weighted by molar-refractivity contribution is 0.100. The second kappa shape index (κ2) is 4.75. The molecule has 108 valence electrons. The van der Waals surface area contributed by atoms with Crippen molar-refractivity contribution in [1.82, 2.24) is 14.4 Å². The molecule has 2 heterocycles. The average molecular weight is 293 g/mol. The maximum absolute atomic E-state index is 11.3. The molecular weight excluding hydrogens is 282 g/mol. The molecule has 0 radical (unpaired) electrons. The van der Waals surface area contributed by atoms with E-state index >= 15 is 0 Å². The molecule has 0 aliphatic rings. The van der Waals surface area contributed by atoms with Gasteiger partial charge in [0.05, 0.1) is 17.2 Å². The molecule has 3 aromatic rings. The van der Waals surface area contributed by atoms with Gasteiger partial charge in [-0.2, -0.15) is 10.2 Å². The Bertz CT molecular complexity index is 934. The van der Waals surface area contributed by atoms with E-state index in [0.29, 0.717) is 17.1 Å². The van der Waals surface area contributed by atoms with Crippen LogP contribution in [0, 0.1) is 11.3 Å². The van der Waals surface area contributed by atoms with Gasteiger partial charge in [-0.05, 0) is 12.1 Å². The molecule has 0 aliphatic carbocycles. The minimum Gasteiger partial charge on any atom is -0.383 e. The van der Waals surface area contributed by atoms with E-state index in [2.05, 4.69) is 9.97 Å². The molecule has 0 unspecified atom stereocenters. The quantitative estimate of drug-likeness (QED) is 0.627. The molecule has 0 atom stereocenters. The van der Waals surface area contributed by atoms with Gasteiger partial charge in [-0.15, -0.1) is 0 Å². The van der Waals surface area contributed by atoms with E-state index in [1.807, 2.05) is 6.07 Å². The van der Waals surface area contributed by atoms with Gasteiger partial charge in [-0.3, -0.25) is 9.20 Å². The summed E-state index contributed by atoms with van der Waals surface area (Å²) < 4.78 is 1.45. The highest BCUT2D eigenvalue weighted by molar-refractivity contribution is 5.97. The van der Waals surface area contributed by atoms with Crippen LogP contribution < -0.4 is 17.2 Å². The highest BCUT2D eigenvalue weighted by atomic mass is 16.1. The Morgan fingerprint density at radius 3 is 2.45 bits per heavy atom. The first-order chi connectivity index (χ1) is 10.5. The number of benzene rings is 1. The monoisotopic (exact) mass is 293 g/mol. The molecule has 0 fully saturated rings. The lowest BCUT2D eigenvalue weighted by Gasteiger charge is -2.02. The normalized spacial score (nSPS) is 10.5. The zero-order chi connectivity index (χ0) is 15.9. The molecule has 8 nitrogen and oxygen atoms in total. The molecule has 2 aromatic heterocycles. The van der Waals surface area contributed by atoms with Crippen molar-refractivity contribution >= 4 is 23.3 Å². The number of nitrogens with zero attached hydrogens (tertiary/aromatic N) is 4. The van der Waals surface area contributed by atoms with Crippen LogP contribution in [0.2, 0.25) is 0 Å². The molecule has 6 N–H and O–H groups in total. The van der Waals surface area contributed by atoms with Crippen LogP contribution in [0.3, 0.4) is 0 Å². The Kier molecular flexibility index (Phi) is 2.89. The number of rotatable bonds is 2. The Hall–Kier alpha value is -3.60. The topological polar surface area (TPSA) is 149 Å². The minimum absolute atomic E-state index is 0.00335. The van der Waals surface area contributed by atoms with Crippen molar-refractivity contribution in [2.45, 2.75) is 0 Å². The number of carbonyl (C=O) groups excluding carboxylic acids is 1. The zero-order valence-electron chi connectivity index (χ0n) is 11.3. The van der Waals surface area contributed by atoms with Crippen LogP contribution in [0.15, 0.2) is 30.5 Å². The number of nitrogens with two attached hydrogens (primary N) is 3. The van der Waals surface area contributed by atoms with Gasteiger partial charge >= 0.3 is 0 Å². The van der Waals surface area contributed by atoms with E-state index in [9.17, 15) is 4.79 Å². The SMILES string of the molecule is N#Cc1ccc(-c2nc3nc(N)c(C(N)=O)cn3c2N)cc1. The Morgan fingerprint density at radius 1 is 1.18 bits per heavy atom. The van der Waals surface area contributed by atoms with Crippen molar-refractivity contribution in [3.05, 3.63) is 41.6 Å². The predicted octanol–water partition coefficient (Wildman–Crippen LogP) is 0.531. The van der Waals surface area contributed by atoms with Crippen molar-refractivity contribution < 1.29 is 4.79 Å². The van der Waals surface area contributed by atoms with Gasteiger partial charge < -0.3 is 17.2 Å². The maximum atomic E-state index is 11.3. The second-order valence-electron chi connectivity index (χ2n) is 4.61. The molecule has 3 rings (SSSR count). The van der Waals surface area contributed by atoms with Crippen molar-refractivity contribution in [3.8, 4) is 17.3 Å². The number of aromatic nitrogens is 3. The van der Waals surface area contributed by atoms with E-state index in [1.165, 1.54) is 10.6 Å². The van der Waals surface area contributed by atoms with Gasteiger partial charge in [0.1, 0.15) is 17.3 Å². The number of hydrogen-bond donors (Lipinski definition) is 3. The van der Waals surface area contributed by atoms with E-state index in [1.54, 1.807) is 24.3 Å².